The maximum Gasteiger partial charge on any atom is 0.202 e. The van der Waals surface area contributed by atoms with Gasteiger partial charge in [-0.25, -0.2) is 0 Å². The van der Waals surface area contributed by atoms with Gasteiger partial charge in [0.25, 0.3) is 0 Å². The summed E-state index contributed by atoms with van der Waals surface area (Å²) in [7, 11) is 1.61. The van der Waals surface area contributed by atoms with E-state index in [4.69, 9.17) is 17.0 Å². The Balaban J connectivity index is 2.83. The van der Waals surface area contributed by atoms with Crippen LogP contribution in [0.4, 0.5) is 0 Å². The molecule has 0 amide bonds. The van der Waals surface area contributed by atoms with Gasteiger partial charge >= 0.3 is 0 Å². The number of thioether (sulfide) groups is 1. The molecular weight excluding hydrogens is 208 g/mol. The van der Waals surface area contributed by atoms with E-state index in [1.165, 1.54) is 4.90 Å². The van der Waals surface area contributed by atoms with Crippen molar-refractivity contribution in [2.45, 2.75) is 11.8 Å². The topological polar surface area (TPSA) is 9.23 Å². The largest absolute Gasteiger partial charge is 0.486 e. The number of hydrogen-bond donors (Lipinski definition) is 0. The number of ether oxygens (including phenoxy) is 1. The lowest BCUT2D eigenvalue weighted by molar-refractivity contribution is 0.416. The molecule has 0 radical (unpaired) electrons. The summed E-state index contributed by atoms with van der Waals surface area (Å²) < 4.78 is 5.01. The molecule has 0 saturated heterocycles. The van der Waals surface area contributed by atoms with Crippen molar-refractivity contribution in [3.63, 3.8) is 0 Å². The van der Waals surface area contributed by atoms with Crippen molar-refractivity contribution < 1.29 is 4.74 Å². The lowest BCUT2D eigenvalue weighted by Gasteiger charge is -2.01. The van der Waals surface area contributed by atoms with Gasteiger partial charge in [0, 0.05) is 4.90 Å². The van der Waals surface area contributed by atoms with Gasteiger partial charge in [0.1, 0.15) is 0 Å². The first-order chi connectivity index (χ1) is 5.79. The van der Waals surface area contributed by atoms with Crippen LogP contribution in [-0.2, 0) is 4.74 Å². The van der Waals surface area contributed by atoms with Gasteiger partial charge in [0.2, 0.25) is 5.05 Å². The summed E-state index contributed by atoms with van der Waals surface area (Å²) in [6, 6.07) is 2.08. The normalized spacial score (nSPS) is 9.83. The van der Waals surface area contributed by atoms with Crippen molar-refractivity contribution in [1.29, 1.82) is 0 Å². The molecule has 1 rings (SSSR count). The van der Waals surface area contributed by atoms with Gasteiger partial charge in [-0.15, -0.1) is 23.1 Å². The van der Waals surface area contributed by atoms with Gasteiger partial charge in [-0.1, -0.05) is 6.92 Å². The van der Waals surface area contributed by atoms with Crippen molar-refractivity contribution in [3.05, 3.63) is 16.3 Å². The Bertz CT molecular complexity index is 267. The summed E-state index contributed by atoms with van der Waals surface area (Å²) >= 11 is 8.48. The van der Waals surface area contributed by atoms with Crippen LogP contribution in [0.5, 0.6) is 0 Å². The van der Waals surface area contributed by atoms with E-state index in [1.807, 2.05) is 5.38 Å². The molecule has 0 aliphatic heterocycles. The molecule has 0 saturated carbocycles. The van der Waals surface area contributed by atoms with Crippen LogP contribution in [0.3, 0.4) is 0 Å². The fourth-order valence-electron chi connectivity index (χ4n) is 0.808. The van der Waals surface area contributed by atoms with Crippen LogP contribution in [0.15, 0.2) is 16.3 Å². The van der Waals surface area contributed by atoms with Crippen LogP contribution >= 0.6 is 35.3 Å². The zero-order valence-corrected chi connectivity index (χ0v) is 9.44. The molecule has 0 spiro atoms. The van der Waals surface area contributed by atoms with Crippen LogP contribution < -0.4 is 0 Å². The molecule has 0 aliphatic rings. The highest BCUT2D eigenvalue weighted by atomic mass is 32.2. The van der Waals surface area contributed by atoms with Gasteiger partial charge in [-0.2, -0.15) is 0 Å². The first-order valence-electron chi connectivity index (χ1n) is 3.58. The predicted molar refractivity (Wildman–Crippen MR) is 59.4 cm³/mol. The Labute approximate surface area is 86.1 Å². The van der Waals surface area contributed by atoms with Gasteiger partial charge in [0.05, 0.1) is 12.0 Å². The van der Waals surface area contributed by atoms with Gasteiger partial charge in [-0.3, -0.25) is 0 Å². The Morgan fingerprint density at radius 1 is 1.75 bits per heavy atom. The maximum absolute atomic E-state index is 5.05. The molecule has 1 aromatic rings. The zero-order chi connectivity index (χ0) is 8.97. The first-order valence-corrected chi connectivity index (χ1v) is 5.85. The second-order valence-electron chi connectivity index (χ2n) is 2.04. The summed E-state index contributed by atoms with van der Waals surface area (Å²) in [4.78, 5) is 2.31. The van der Waals surface area contributed by atoms with Crippen LogP contribution in [0, 0.1) is 0 Å². The highest BCUT2D eigenvalue weighted by Gasteiger charge is 2.08. The van der Waals surface area contributed by atoms with Crippen molar-refractivity contribution >= 4 is 40.4 Å². The fraction of sp³-hybridized carbons (Fsp3) is 0.375. The highest BCUT2D eigenvalue weighted by Crippen LogP contribution is 2.28. The van der Waals surface area contributed by atoms with E-state index in [9.17, 15) is 0 Å². The molecule has 1 heterocycles. The standard InChI is InChI=1S/C8H10OS3/c1-3-11-6-4-5-12-7(6)8(10)9-2/h4-5H,3H2,1-2H3. The molecule has 0 aliphatic carbocycles. The fourth-order valence-corrected chi connectivity index (χ4v) is 2.94. The minimum absolute atomic E-state index is 0.598. The van der Waals surface area contributed by atoms with Crippen LogP contribution in [0.1, 0.15) is 11.8 Å². The highest BCUT2D eigenvalue weighted by molar-refractivity contribution is 7.99. The number of hydrogen-bond acceptors (Lipinski definition) is 4. The Morgan fingerprint density at radius 2 is 2.50 bits per heavy atom. The molecule has 1 aromatic heterocycles. The smallest absolute Gasteiger partial charge is 0.202 e. The number of thiophene rings is 1. The Hall–Kier alpha value is -0.0600. The molecule has 1 nitrogen and oxygen atoms in total. The third kappa shape index (κ3) is 2.21. The lowest BCUT2D eigenvalue weighted by atomic mass is 10.5. The maximum atomic E-state index is 5.05. The monoisotopic (exact) mass is 218 g/mol. The van der Waals surface area contributed by atoms with E-state index < -0.39 is 0 Å². The average molecular weight is 218 g/mol. The molecule has 0 atom stereocenters. The third-order valence-corrected chi connectivity index (χ3v) is 3.78. The van der Waals surface area contributed by atoms with Crippen LogP contribution in [-0.4, -0.2) is 17.9 Å². The third-order valence-electron chi connectivity index (χ3n) is 1.30. The molecule has 4 heteroatoms. The van der Waals surface area contributed by atoms with E-state index in [-0.39, 0.29) is 0 Å². The molecule has 0 bridgehead atoms. The SMILES string of the molecule is CCSc1ccsc1C(=S)OC. The lowest BCUT2D eigenvalue weighted by Crippen LogP contribution is -1.97. The van der Waals surface area contributed by atoms with Gasteiger partial charge < -0.3 is 4.74 Å². The number of methoxy groups -OCH3 is 1. The van der Waals surface area contributed by atoms with E-state index >= 15 is 0 Å². The Morgan fingerprint density at radius 3 is 3.08 bits per heavy atom. The average Bonchev–Trinajstić information content (AvgIpc) is 2.52. The first kappa shape index (κ1) is 10.0. The summed E-state index contributed by atoms with van der Waals surface area (Å²) in [6.07, 6.45) is 0. The molecule has 66 valence electrons. The minimum atomic E-state index is 0.598. The molecule has 12 heavy (non-hydrogen) atoms. The van der Waals surface area contributed by atoms with Gasteiger partial charge in [0.15, 0.2) is 0 Å². The quantitative estimate of drug-likeness (QED) is 0.569. The molecule has 0 N–H and O–H groups in total. The summed E-state index contributed by atoms with van der Waals surface area (Å²) in [6.45, 7) is 2.13. The van der Waals surface area contributed by atoms with E-state index in [0.29, 0.717) is 5.05 Å². The van der Waals surface area contributed by atoms with Crippen LogP contribution in [0.25, 0.3) is 0 Å². The minimum Gasteiger partial charge on any atom is -0.486 e. The molecule has 0 unspecified atom stereocenters. The Kier molecular flexibility index (Phi) is 4.05. The van der Waals surface area contributed by atoms with Crippen molar-refractivity contribution in [1.82, 2.24) is 0 Å². The molecule has 0 fully saturated rings. The molecular formula is C8H10OS3. The summed E-state index contributed by atoms with van der Waals surface area (Å²) in [5.41, 5.74) is 0. The molecule has 0 aromatic carbocycles. The van der Waals surface area contributed by atoms with E-state index in [2.05, 4.69) is 13.0 Å². The summed E-state index contributed by atoms with van der Waals surface area (Å²) in [5.74, 6) is 1.07. The van der Waals surface area contributed by atoms with Gasteiger partial charge in [-0.05, 0) is 29.4 Å². The second kappa shape index (κ2) is 4.84. The summed E-state index contributed by atoms with van der Waals surface area (Å²) in [5, 5.41) is 2.64. The van der Waals surface area contributed by atoms with E-state index in [0.717, 1.165) is 10.6 Å². The zero-order valence-electron chi connectivity index (χ0n) is 6.99. The van der Waals surface area contributed by atoms with Crippen molar-refractivity contribution in [2.75, 3.05) is 12.9 Å². The number of rotatable bonds is 3. The predicted octanol–water partition coefficient (Wildman–Crippen LogP) is 3.18. The second-order valence-corrected chi connectivity index (χ2v) is 4.63. The number of thiocarbonyl (C=S) groups is 1. The van der Waals surface area contributed by atoms with Crippen molar-refractivity contribution in [2.24, 2.45) is 0 Å². The van der Waals surface area contributed by atoms with Crippen molar-refractivity contribution in [3.8, 4) is 0 Å². The van der Waals surface area contributed by atoms with Crippen LogP contribution in [0.2, 0.25) is 0 Å². The van der Waals surface area contributed by atoms with E-state index in [1.54, 1.807) is 30.2 Å².